The molecule has 0 heterocycles. The molecular weight excluding hydrogens is 340 g/mol. The summed E-state index contributed by atoms with van der Waals surface area (Å²) in [4.78, 5) is 0. The Morgan fingerprint density at radius 3 is 2.20 bits per heavy atom. The zero-order valence-corrected chi connectivity index (χ0v) is 15.3. The van der Waals surface area contributed by atoms with Crippen LogP contribution in [0, 0.1) is 5.82 Å². The van der Waals surface area contributed by atoms with E-state index in [0.717, 1.165) is 5.56 Å². The number of benzene rings is 2. The molecule has 0 aliphatic heterocycles. The molecule has 6 heteroatoms. The first-order valence-electron chi connectivity index (χ1n) is 8.21. The van der Waals surface area contributed by atoms with Crippen LogP contribution in [-0.2, 0) is 13.6 Å². The van der Waals surface area contributed by atoms with Crippen LogP contribution in [0.3, 0.4) is 0 Å². The Morgan fingerprint density at radius 1 is 1.04 bits per heavy atom. The molecule has 4 nitrogen and oxygen atoms in total. The SMILES string of the molecule is CCOP(=O)(OCC)C(/C=C/c1ccccc1)Nc1ccc(F)cc1. The van der Waals surface area contributed by atoms with E-state index in [-0.39, 0.29) is 19.0 Å². The van der Waals surface area contributed by atoms with E-state index in [1.54, 1.807) is 32.1 Å². The molecule has 0 saturated carbocycles. The molecule has 0 radical (unpaired) electrons. The van der Waals surface area contributed by atoms with Crippen molar-refractivity contribution in [2.75, 3.05) is 18.5 Å². The van der Waals surface area contributed by atoms with Crippen LogP contribution in [0.25, 0.3) is 6.08 Å². The van der Waals surface area contributed by atoms with E-state index in [4.69, 9.17) is 9.05 Å². The molecule has 2 aromatic carbocycles. The van der Waals surface area contributed by atoms with Crippen molar-refractivity contribution in [2.45, 2.75) is 19.6 Å². The summed E-state index contributed by atoms with van der Waals surface area (Å²) in [5.41, 5.74) is 1.59. The molecule has 0 amide bonds. The van der Waals surface area contributed by atoms with Gasteiger partial charge in [-0.05, 0) is 49.8 Å². The third-order valence-corrected chi connectivity index (χ3v) is 5.61. The zero-order chi connectivity index (χ0) is 18.1. The van der Waals surface area contributed by atoms with Crippen molar-refractivity contribution in [3.63, 3.8) is 0 Å². The quantitative estimate of drug-likeness (QED) is 0.594. The van der Waals surface area contributed by atoms with Crippen LogP contribution in [0.5, 0.6) is 0 Å². The van der Waals surface area contributed by atoms with Gasteiger partial charge in [0.05, 0.1) is 13.2 Å². The molecule has 1 unspecified atom stereocenters. The maximum absolute atomic E-state index is 13.2. The highest BCUT2D eigenvalue weighted by molar-refractivity contribution is 7.55. The second-order valence-corrected chi connectivity index (χ2v) is 7.39. The van der Waals surface area contributed by atoms with Crippen molar-refractivity contribution in [2.24, 2.45) is 0 Å². The largest absolute Gasteiger partial charge is 0.368 e. The Morgan fingerprint density at radius 2 is 1.64 bits per heavy atom. The minimum Gasteiger partial charge on any atom is -0.368 e. The standard InChI is InChI=1S/C19H23FNO3P/c1-3-23-25(22,24-4-2)19(15-10-16-8-6-5-7-9-16)21-18-13-11-17(20)12-14-18/h5-15,19,21H,3-4H2,1-2H3/b15-10+. The maximum atomic E-state index is 13.2. The molecule has 0 fully saturated rings. The average molecular weight is 363 g/mol. The fraction of sp³-hybridized carbons (Fsp3) is 0.263. The van der Waals surface area contributed by atoms with Crippen LogP contribution in [0.4, 0.5) is 10.1 Å². The molecule has 2 aromatic rings. The Bertz CT molecular complexity index is 709. The summed E-state index contributed by atoms with van der Waals surface area (Å²) in [6.07, 6.45) is 3.61. The highest BCUT2D eigenvalue weighted by atomic mass is 31.2. The molecule has 0 aliphatic rings. The van der Waals surface area contributed by atoms with Gasteiger partial charge in [-0.2, -0.15) is 0 Å². The molecular formula is C19H23FNO3P. The summed E-state index contributed by atoms with van der Waals surface area (Å²) in [5.74, 6) is -1.03. The van der Waals surface area contributed by atoms with Gasteiger partial charge >= 0.3 is 7.60 Å². The second-order valence-electron chi connectivity index (χ2n) is 5.24. The summed E-state index contributed by atoms with van der Waals surface area (Å²) < 4.78 is 37.2. The molecule has 0 aliphatic carbocycles. The van der Waals surface area contributed by atoms with Crippen LogP contribution in [0.1, 0.15) is 19.4 Å². The fourth-order valence-electron chi connectivity index (χ4n) is 2.27. The molecule has 2 rings (SSSR count). The molecule has 134 valence electrons. The van der Waals surface area contributed by atoms with E-state index in [2.05, 4.69) is 5.32 Å². The van der Waals surface area contributed by atoms with Crippen molar-refractivity contribution < 1.29 is 18.0 Å². The number of hydrogen-bond donors (Lipinski definition) is 1. The second kappa shape index (κ2) is 9.52. The number of anilines is 1. The fourth-order valence-corrected chi connectivity index (χ4v) is 3.99. The van der Waals surface area contributed by atoms with Gasteiger partial charge in [-0.3, -0.25) is 4.57 Å². The van der Waals surface area contributed by atoms with Gasteiger partial charge in [-0.25, -0.2) is 4.39 Å². The lowest BCUT2D eigenvalue weighted by molar-refractivity contribution is 0.217. The van der Waals surface area contributed by atoms with Gasteiger partial charge in [0.25, 0.3) is 0 Å². The number of rotatable bonds is 9. The molecule has 0 aromatic heterocycles. The van der Waals surface area contributed by atoms with Crippen molar-refractivity contribution in [1.82, 2.24) is 0 Å². The Kier molecular flexibility index (Phi) is 7.38. The molecule has 0 saturated heterocycles. The van der Waals surface area contributed by atoms with E-state index in [0.29, 0.717) is 5.69 Å². The summed E-state index contributed by atoms with van der Waals surface area (Å²) in [6, 6.07) is 15.5. The average Bonchev–Trinajstić information content (AvgIpc) is 2.61. The third-order valence-electron chi connectivity index (χ3n) is 3.39. The van der Waals surface area contributed by atoms with E-state index in [9.17, 15) is 8.96 Å². The Labute approximate surface area is 148 Å². The van der Waals surface area contributed by atoms with Crippen LogP contribution in [0.2, 0.25) is 0 Å². The molecule has 25 heavy (non-hydrogen) atoms. The minimum absolute atomic E-state index is 0.262. The van der Waals surface area contributed by atoms with Gasteiger partial charge in [-0.15, -0.1) is 0 Å². The summed E-state index contributed by atoms with van der Waals surface area (Å²) in [7, 11) is -3.44. The lowest BCUT2D eigenvalue weighted by Crippen LogP contribution is -2.20. The summed E-state index contributed by atoms with van der Waals surface area (Å²) >= 11 is 0. The topological polar surface area (TPSA) is 47.6 Å². The van der Waals surface area contributed by atoms with E-state index >= 15 is 0 Å². The Hall–Kier alpha value is -1.94. The molecule has 1 atom stereocenters. The van der Waals surface area contributed by atoms with E-state index < -0.39 is 13.4 Å². The minimum atomic E-state index is -3.44. The lowest BCUT2D eigenvalue weighted by atomic mass is 10.2. The third kappa shape index (κ3) is 5.82. The van der Waals surface area contributed by atoms with E-state index in [1.807, 2.05) is 36.4 Å². The van der Waals surface area contributed by atoms with Gasteiger partial charge in [0.1, 0.15) is 11.6 Å². The van der Waals surface area contributed by atoms with Crippen LogP contribution < -0.4 is 5.32 Å². The Balaban J connectivity index is 2.30. The van der Waals surface area contributed by atoms with Gasteiger partial charge < -0.3 is 14.4 Å². The van der Waals surface area contributed by atoms with Crippen molar-refractivity contribution in [3.8, 4) is 0 Å². The summed E-state index contributed by atoms with van der Waals surface area (Å²) in [5, 5.41) is 3.12. The number of nitrogens with one attached hydrogen (secondary N) is 1. The zero-order valence-electron chi connectivity index (χ0n) is 14.4. The monoisotopic (exact) mass is 363 g/mol. The van der Waals surface area contributed by atoms with Crippen LogP contribution in [0.15, 0.2) is 60.7 Å². The summed E-state index contributed by atoms with van der Waals surface area (Å²) in [6.45, 7) is 4.05. The lowest BCUT2D eigenvalue weighted by Gasteiger charge is -2.25. The highest BCUT2D eigenvalue weighted by Crippen LogP contribution is 2.53. The van der Waals surface area contributed by atoms with Gasteiger partial charge in [0.2, 0.25) is 0 Å². The van der Waals surface area contributed by atoms with Gasteiger partial charge in [-0.1, -0.05) is 36.4 Å². The predicted molar refractivity (Wildman–Crippen MR) is 100 cm³/mol. The number of halogens is 1. The maximum Gasteiger partial charge on any atom is 0.356 e. The first-order chi connectivity index (χ1) is 12.1. The predicted octanol–water partition coefficient (Wildman–Crippen LogP) is 5.54. The van der Waals surface area contributed by atoms with Crippen molar-refractivity contribution >= 4 is 19.4 Å². The molecule has 1 N–H and O–H groups in total. The first kappa shape index (κ1) is 19.4. The molecule has 0 bridgehead atoms. The van der Waals surface area contributed by atoms with Crippen molar-refractivity contribution in [1.29, 1.82) is 0 Å². The van der Waals surface area contributed by atoms with Crippen molar-refractivity contribution in [3.05, 3.63) is 72.1 Å². The highest BCUT2D eigenvalue weighted by Gasteiger charge is 2.33. The smallest absolute Gasteiger partial charge is 0.356 e. The normalized spacial score (nSPS) is 13.1. The first-order valence-corrected chi connectivity index (χ1v) is 9.82. The van der Waals surface area contributed by atoms with Crippen LogP contribution >= 0.6 is 7.60 Å². The number of hydrogen-bond acceptors (Lipinski definition) is 4. The van der Waals surface area contributed by atoms with Crippen LogP contribution in [-0.4, -0.2) is 19.0 Å². The van der Waals surface area contributed by atoms with Gasteiger partial charge in [0, 0.05) is 5.69 Å². The van der Waals surface area contributed by atoms with Gasteiger partial charge in [0.15, 0.2) is 0 Å². The molecule has 0 spiro atoms. The van der Waals surface area contributed by atoms with E-state index in [1.165, 1.54) is 12.1 Å².